The van der Waals surface area contributed by atoms with Crippen molar-refractivity contribution in [1.29, 1.82) is 0 Å². The van der Waals surface area contributed by atoms with Crippen molar-refractivity contribution in [2.45, 2.75) is 26.8 Å². The molecule has 0 aliphatic carbocycles. The fourth-order valence-corrected chi connectivity index (χ4v) is 3.06. The smallest absolute Gasteiger partial charge is 0.272 e. The predicted octanol–water partition coefficient (Wildman–Crippen LogP) is 2.91. The van der Waals surface area contributed by atoms with Crippen LogP contribution < -0.4 is 10.9 Å². The number of amides is 1. The van der Waals surface area contributed by atoms with E-state index in [0.29, 0.717) is 48.6 Å². The number of fused-ring (bicyclic) bond motifs is 1. The van der Waals surface area contributed by atoms with Crippen molar-refractivity contribution < 1.29 is 9.53 Å². The lowest BCUT2D eigenvalue weighted by Gasteiger charge is -2.12. The molecule has 0 aliphatic heterocycles. The van der Waals surface area contributed by atoms with Crippen molar-refractivity contribution in [3.05, 3.63) is 75.7 Å². The molecule has 0 fully saturated rings. The SMILES string of the molecule is CCOCCCNC(=O)c1ccc2c(c1)nc(C)c(=O)n2Cc1ccccc1. The van der Waals surface area contributed by atoms with Crippen LogP contribution in [0.5, 0.6) is 0 Å². The van der Waals surface area contributed by atoms with Gasteiger partial charge in [-0.25, -0.2) is 4.98 Å². The number of hydrogen-bond acceptors (Lipinski definition) is 4. The third kappa shape index (κ3) is 4.64. The maximum Gasteiger partial charge on any atom is 0.272 e. The molecule has 1 N–H and O–H groups in total. The van der Waals surface area contributed by atoms with Crippen LogP contribution in [0, 0.1) is 6.92 Å². The minimum atomic E-state index is -0.154. The third-order valence-corrected chi connectivity index (χ3v) is 4.51. The number of carbonyl (C=O) groups excluding carboxylic acids is 1. The van der Waals surface area contributed by atoms with Gasteiger partial charge in [-0.2, -0.15) is 0 Å². The Hall–Kier alpha value is -2.99. The number of aryl methyl sites for hydroxylation is 1. The molecule has 3 aromatic rings. The fourth-order valence-electron chi connectivity index (χ4n) is 3.06. The van der Waals surface area contributed by atoms with E-state index in [0.717, 1.165) is 12.0 Å². The summed E-state index contributed by atoms with van der Waals surface area (Å²) < 4.78 is 6.98. The number of carbonyl (C=O) groups is 1. The molecule has 0 saturated heterocycles. The Balaban J connectivity index is 1.85. The molecule has 28 heavy (non-hydrogen) atoms. The first-order chi connectivity index (χ1) is 13.6. The highest BCUT2D eigenvalue weighted by Gasteiger charge is 2.12. The Bertz CT molecular complexity index is 1010. The van der Waals surface area contributed by atoms with Crippen LogP contribution in [-0.2, 0) is 11.3 Å². The number of nitrogens with zero attached hydrogens (tertiary/aromatic N) is 2. The van der Waals surface area contributed by atoms with Gasteiger partial charge in [-0.3, -0.25) is 9.59 Å². The van der Waals surface area contributed by atoms with Crippen molar-refractivity contribution in [2.24, 2.45) is 0 Å². The quantitative estimate of drug-likeness (QED) is 0.611. The zero-order valence-electron chi connectivity index (χ0n) is 16.3. The van der Waals surface area contributed by atoms with Gasteiger partial charge >= 0.3 is 0 Å². The van der Waals surface area contributed by atoms with E-state index in [1.807, 2.05) is 37.3 Å². The molecule has 3 rings (SSSR count). The standard InChI is InChI=1S/C22H25N3O3/c1-3-28-13-7-12-23-21(26)18-10-11-20-19(14-18)24-16(2)22(27)25(20)15-17-8-5-4-6-9-17/h4-6,8-11,14H,3,7,12-13,15H2,1-2H3,(H,23,26). The number of aromatic nitrogens is 2. The Kier molecular flexibility index (Phi) is 6.55. The third-order valence-electron chi connectivity index (χ3n) is 4.51. The van der Waals surface area contributed by atoms with Gasteiger partial charge in [0.25, 0.3) is 11.5 Å². The lowest BCUT2D eigenvalue weighted by atomic mass is 10.1. The van der Waals surface area contributed by atoms with Crippen molar-refractivity contribution >= 4 is 16.9 Å². The Morgan fingerprint density at radius 3 is 2.71 bits per heavy atom. The van der Waals surface area contributed by atoms with Crippen molar-refractivity contribution in [2.75, 3.05) is 19.8 Å². The Morgan fingerprint density at radius 1 is 1.18 bits per heavy atom. The fraction of sp³-hybridized carbons (Fsp3) is 0.318. The summed E-state index contributed by atoms with van der Waals surface area (Å²) in [6, 6.07) is 15.1. The van der Waals surface area contributed by atoms with Gasteiger partial charge in [-0.05, 0) is 44.0 Å². The summed E-state index contributed by atoms with van der Waals surface area (Å²) in [7, 11) is 0. The highest BCUT2D eigenvalue weighted by Crippen LogP contribution is 2.15. The topological polar surface area (TPSA) is 73.2 Å². The van der Waals surface area contributed by atoms with Crippen LogP contribution in [0.15, 0.2) is 53.3 Å². The van der Waals surface area contributed by atoms with Gasteiger partial charge in [-0.1, -0.05) is 30.3 Å². The van der Waals surface area contributed by atoms with Crippen molar-refractivity contribution in [1.82, 2.24) is 14.9 Å². The monoisotopic (exact) mass is 379 g/mol. The van der Waals surface area contributed by atoms with Crippen LogP contribution in [0.3, 0.4) is 0 Å². The van der Waals surface area contributed by atoms with Gasteiger partial charge in [0.05, 0.1) is 17.6 Å². The van der Waals surface area contributed by atoms with E-state index in [1.165, 1.54) is 0 Å². The highest BCUT2D eigenvalue weighted by atomic mass is 16.5. The first kappa shape index (κ1) is 19.8. The van der Waals surface area contributed by atoms with E-state index >= 15 is 0 Å². The molecular weight excluding hydrogens is 354 g/mol. The van der Waals surface area contributed by atoms with Gasteiger partial charge in [-0.15, -0.1) is 0 Å². The van der Waals surface area contributed by atoms with Gasteiger partial charge < -0.3 is 14.6 Å². The average Bonchev–Trinajstić information content (AvgIpc) is 2.71. The average molecular weight is 379 g/mol. The van der Waals surface area contributed by atoms with E-state index < -0.39 is 0 Å². The summed E-state index contributed by atoms with van der Waals surface area (Å²) in [6.45, 7) is 5.96. The summed E-state index contributed by atoms with van der Waals surface area (Å²) in [4.78, 5) is 29.5. The number of ether oxygens (including phenoxy) is 1. The van der Waals surface area contributed by atoms with Crippen LogP contribution in [0.1, 0.15) is 35.0 Å². The second kappa shape index (κ2) is 9.28. The van der Waals surface area contributed by atoms with Gasteiger partial charge in [0.1, 0.15) is 5.69 Å². The van der Waals surface area contributed by atoms with Crippen molar-refractivity contribution in [3.8, 4) is 0 Å². The summed E-state index contributed by atoms with van der Waals surface area (Å²) in [6.07, 6.45) is 0.765. The number of rotatable bonds is 8. The molecule has 0 spiro atoms. The zero-order valence-corrected chi connectivity index (χ0v) is 16.3. The molecule has 2 aromatic carbocycles. The van der Waals surface area contributed by atoms with E-state index in [2.05, 4.69) is 10.3 Å². The van der Waals surface area contributed by atoms with Crippen LogP contribution in [0.4, 0.5) is 0 Å². The molecule has 146 valence electrons. The van der Waals surface area contributed by atoms with Crippen LogP contribution in [0.25, 0.3) is 11.0 Å². The molecule has 1 aromatic heterocycles. The summed E-state index contributed by atoms with van der Waals surface area (Å²) in [5.74, 6) is -0.154. The molecule has 1 amide bonds. The minimum Gasteiger partial charge on any atom is -0.382 e. The zero-order chi connectivity index (χ0) is 19.9. The first-order valence-electron chi connectivity index (χ1n) is 9.51. The second-order valence-electron chi connectivity index (χ2n) is 6.58. The molecule has 6 heteroatoms. The maximum absolute atomic E-state index is 12.6. The molecule has 1 heterocycles. The normalized spacial score (nSPS) is 10.9. The number of hydrogen-bond donors (Lipinski definition) is 1. The lowest BCUT2D eigenvalue weighted by Crippen LogP contribution is -2.26. The lowest BCUT2D eigenvalue weighted by molar-refractivity contribution is 0.0944. The van der Waals surface area contributed by atoms with E-state index in [1.54, 1.807) is 29.7 Å². The Labute approximate surface area is 164 Å². The molecule has 0 saturated carbocycles. The van der Waals surface area contributed by atoms with Crippen LogP contribution in [0.2, 0.25) is 0 Å². The van der Waals surface area contributed by atoms with Crippen molar-refractivity contribution in [3.63, 3.8) is 0 Å². The van der Waals surface area contributed by atoms with Crippen LogP contribution in [-0.4, -0.2) is 35.2 Å². The molecule has 0 radical (unpaired) electrons. The van der Waals surface area contributed by atoms with Crippen LogP contribution >= 0.6 is 0 Å². The largest absolute Gasteiger partial charge is 0.382 e. The van der Waals surface area contributed by atoms with Gasteiger partial charge in [0.15, 0.2) is 0 Å². The Morgan fingerprint density at radius 2 is 1.96 bits per heavy atom. The first-order valence-corrected chi connectivity index (χ1v) is 9.51. The molecule has 0 bridgehead atoms. The maximum atomic E-state index is 12.6. The predicted molar refractivity (Wildman–Crippen MR) is 110 cm³/mol. The minimum absolute atomic E-state index is 0.121. The highest BCUT2D eigenvalue weighted by molar-refractivity contribution is 5.97. The molecule has 0 aliphatic rings. The summed E-state index contributed by atoms with van der Waals surface area (Å²) >= 11 is 0. The second-order valence-corrected chi connectivity index (χ2v) is 6.58. The molecular formula is C22H25N3O3. The number of benzene rings is 2. The summed E-state index contributed by atoms with van der Waals surface area (Å²) in [5.41, 5.74) is 3.21. The van der Waals surface area contributed by atoms with E-state index in [9.17, 15) is 9.59 Å². The molecule has 0 unspecified atom stereocenters. The van der Waals surface area contributed by atoms with E-state index in [-0.39, 0.29) is 11.5 Å². The van der Waals surface area contributed by atoms with E-state index in [4.69, 9.17) is 4.74 Å². The van der Waals surface area contributed by atoms with Gasteiger partial charge in [0, 0.05) is 25.3 Å². The summed E-state index contributed by atoms with van der Waals surface area (Å²) in [5, 5.41) is 2.89. The molecule has 6 nitrogen and oxygen atoms in total. The number of nitrogens with one attached hydrogen (secondary N) is 1. The molecule has 0 atom stereocenters. The van der Waals surface area contributed by atoms with Gasteiger partial charge in [0.2, 0.25) is 0 Å².